The first-order valence-electron chi connectivity index (χ1n) is 3.02. The highest BCUT2D eigenvalue weighted by Crippen LogP contribution is 1.81. The molecule has 1 N–H and O–H groups in total. The standard InChI is InChI=1S/C6H14N2S/c1-5(2)7-6(9)8(3)4/h5H,1-4H3,(H,7,9). The minimum absolute atomic E-state index is 0.430. The molecule has 0 atom stereocenters. The SMILES string of the molecule is CC(C)NC(=S)N(C)C. The summed E-state index contributed by atoms with van der Waals surface area (Å²) in [5.41, 5.74) is 0. The summed E-state index contributed by atoms with van der Waals surface area (Å²) in [5, 5.41) is 3.90. The van der Waals surface area contributed by atoms with E-state index >= 15 is 0 Å². The van der Waals surface area contributed by atoms with Gasteiger partial charge in [-0.05, 0) is 26.1 Å². The zero-order valence-electron chi connectivity index (χ0n) is 6.43. The van der Waals surface area contributed by atoms with Gasteiger partial charge >= 0.3 is 0 Å². The summed E-state index contributed by atoms with van der Waals surface area (Å²) < 4.78 is 0. The van der Waals surface area contributed by atoms with E-state index in [9.17, 15) is 0 Å². The lowest BCUT2D eigenvalue weighted by Crippen LogP contribution is -2.38. The molecule has 0 aliphatic heterocycles. The molecular formula is C6H14N2S. The Bertz CT molecular complexity index is 99.2. The molecule has 0 aromatic rings. The minimum Gasteiger partial charge on any atom is -0.360 e. The van der Waals surface area contributed by atoms with Gasteiger partial charge in [-0.2, -0.15) is 0 Å². The van der Waals surface area contributed by atoms with Crippen molar-refractivity contribution in [1.82, 2.24) is 10.2 Å². The molecule has 0 heterocycles. The highest BCUT2D eigenvalue weighted by molar-refractivity contribution is 7.80. The van der Waals surface area contributed by atoms with Gasteiger partial charge in [0, 0.05) is 20.1 Å². The van der Waals surface area contributed by atoms with Gasteiger partial charge < -0.3 is 10.2 Å². The van der Waals surface area contributed by atoms with Crippen LogP contribution in [-0.4, -0.2) is 30.1 Å². The van der Waals surface area contributed by atoms with Gasteiger partial charge in [0.1, 0.15) is 0 Å². The maximum atomic E-state index is 4.97. The average Bonchev–Trinajstić information content (AvgIpc) is 1.63. The lowest BCUT2D eigenvalue weighted by Gasteiger charge is -2.17. The second-order valence-electron chi connectivity index (χ2n) is 2.50. The van der Waals surface area contributed by atoms with Crippen molar-refractivity contribution in [3.63, 3.8) is 0 Å². The van der Waals surface area contributed by atoms with Crippen molar-refractivity contribution in [2.75, 3.05) is 14.1 Å². The van der Waals surface area contributed by atoms with Crippen LogP contribution in [-0.2, 0) is 0 Å². The lowest BCUT2D eigenvalue weighted by atomic mass is 10.4. The molecule has 2 nitrogen and oxygen atoms in total. The fraction of sp³-hybridized carbons (Fsp3) is 0.833. The smallest absolute Gasteiger partial charge is 0.168 e. The Morgan fingerprint density at radius 2 is 1.89 bits per heavy atom. The molecule has 0 unspecified atom stereocenters. The molecule has 0 radical (unpaired) electrons. The summed E-state index contributed by atoms with van der Waals surface area (Å²) >= 11 is 4.97. The molecule has 0 spiro atoms. The normalized spacial score (nSPS) is 9.44. The number of rotatable bonds is 1. The van der Waals surface area contributed by atoms with Gasteiger partial charge in [0.25, 0.3) is 0 Å². The summed E-state index contributed by atoms with van der Waals surface area (Å²) in [4.78, 5) is 1.88. The third kappa shape index (κ3) is 4.21. The van der Waals surface area contributed by atoms with Crippen LogP contribution in [0.25, 0.3) is 0 Å². The van der Waals surface area contributed by atoms with Gasteiger partial charge in [-0.3, -0.25) is 0 Å². The van der Waals surface area contributed by atoms with Crippen LogP contribution in [0.2, 0.25) is 0 Å². The molecule has 54 valence electrons. The van der Waals surface area contributed by atoms with Crippen LogP contribution < -0.4 is 5.32 Å². The molecule has 0 aliphatic rings. The molecule has 0 saturated heterocycles. The first-order valence-corrected chi connectivity index (χ1v) is 3.42. The number of nitrogens with zero attached hydrogens (tertiary/aromatic N) is 1. The maximum absolute atomic E-state index is 4.97. The van der Waals surface area contributed by atoms with Crippen molar-refractivity contribution in [2.24, 2.45) is 0 Å². The van der Waals surface area contributed by atoms with Gasteiger partial charge in [0.15, 0.2) is 5.11 Å². The minimum atomic E-state index is 0.430. The number of nitrogens with one attached hydrogen (secondary N) is 1. The Labute approximate surface area is 62.2 Å². The van der Waals surface area contributed by atoms with E-state index in [2.05, 4.69) is 19.2 Å². The zero-order chi connectivity index (χ0) is 7.44. The topological polar surface area (TPSA) is 15.3 Å². The summed E-state index contributed by atoms with van der Waals surface area (Å²) in [6.07, 6.45) is 0. The van der Waals surface area contributed by atoms with Crippen LogP contribution in [0.4, 0.5) is 0 Å². The molecule has 0 amide bonds. The molecule has 0 aromatic heterocycles. The van der Waals surface area contributed by atoms with Crippen molar-refractivity contribution >= 4 is 17.3 Å². The number of thiocarbonyl (C=S) groups is 1. The van der Waals surface area contributed by atoms with Crippen LogP contribution in [0.3, 0.4) is 0 Å². The third-order valence-electron chi connectivity index (χ3n) is 0.818. The second kappa shape index (κ2) is 3.67. The second-order valence-corrected chi connectivity index (χ2v) is 2.89. The third-order valence-corrected chi connectivity index (χ3v) is 1.30. The van der Waals surface area contributed by atoms with Gasteiger partial charge in [-0.25, -0.2) is 0 Å². The van der Waals surface area contributed by atoms with E-state index in [0.717, 1.165) is 5.11 Å². The van der Waals surface area contributed by atoms with Crippen LogP contribution >= 0.6 is 12.2 Å². The van der Waals surface area contributed by atoms with Crippen LogP contribution in [0.5, 0.6) is 0 Å². The molecule has 0 aliphatic carbocycles. The number of hydrogen-bond acceptors (Lipinski definition) is 1. The van der Waals surface area contributed by atoms with Gasteiger partial charge in [-0.15, -0.1) is 0 Å². The van der Waals surface area contributed by atoms with E-state index in [1.54, 1.807) is 0 Å². The van der Waals surface area contributed by atoms with Crippen molar-refractivity contribution in [3.05, 3.63) is 0 Å². The van der Waals surface area contributed by atoms with E-state index < -0.39 is 0 Å². The van der Waals surface area contributed by atoms with E-state index in [1.165, 1.54) is 0 Å². The first-order chi connectivity index (χ1) is 4.04. The van der Waals surface area contributed by atoms with Crippen molar-refractivity contribution < 1.29 is 0 Å². The Kier molecular flexibility index (Phi) is 3.54. The average molecular weight is 146 g/mol. The maximum Gasteiger partial charge on any atom is 0.168 e. The highest BCUT2D eigenvalue weighted by atomic mass is 32.1. The van der Waals surface area contributed by atoms with E-state index in [4.69, 9.17) is 12.2 Å². The Balaban J connectivity index is 3.51. The highest BCUT2D eigenvalue weighted by Gasteiger charge is 1.97. The quantitative estimate of drug-likeness (QED) is 0.552. The summed E-state index contributed by atoms with van der Waals surface area (Å²) in [7, 11) is 3.86. The molecule has 0 fully saturated rings. The van der Waals surface area contributed by atoms with Crippen molar-refractivity contribution in [3.8, 4) is 0 Å². The summed E-state index contributed by atoms with van der Waals surface area (Å²) in [5.74, 6) is 0. The van der Waals surface area contributed by atoms with Gasteiger partial charge in [0.2, 0.25) is 0 Å². The Hall–Kier alpha value is -0.310. The molecule has 0 bridgehead atoms. The lowest BCUT2D eigenvalue weighted by molar-refractivity contribution is 0.579. The van der Waals surface area contributed by atoms with Gasteiger partial charge in [-0.1, -0.05) is 0 Å². The van der Waals surface area contributed by atoms with E-state index in [-0.39, 0.29) is 0 Å². The first kappa shape index (κ1) is 8.69. The van der Waals surface area contributed by atoms with E-state index in [0.29, 0.717) is 6.04 Å². The molecule has 0 aromatic carbocycles. The largest absolute Gasteiger partial charge is 0.360 e. The van der Waals surface area contributed by atoms with Crippen LogP contribution in [0.15, 0.2) is 0 Å². The summed E-state index contributed by atoms with van der Waals surface area (Å²) in [6.45, 7) is 4.13. The van der Waals surface area contributed by atoms with E-state index in [1.807, 2.05) is 19.0 Å². The Morgan fingerprint density at radius 3 is 2.00 bits per heavy atom. The number of hydrogen-bond donors (Lipinski definition) is 1. The Morgan fingerprint density at radius 1 is 1.44 bits per heavy atom. The zero-order valence-corrected chi connectivity index (χ0v) is 7.25. The predicted molar refractivity (Wildman–Crippen MR) is 44.6 cm³/mol. The fourth-order valence-electron chi connectivity index (χ4n) is 0.376. The van der Waals surface area contributed by atoms with Crippen LogP contribution in [0, 0.1) is 0 Å². The molecular weight excluding hydrogens is 132 g/mol. The molecule has 0 rings (SSSR count). The van der Waals surface area contributed by atoms with Gasteiger partial charge in [0.05, 0.1) is 0 Å². The fourth-order valence-corrected chi connectivity index (χ4v) is 0.612. The molecule has 3 heteroatoms. The summed E-state index contributed by atoms with van der Waals surface area (Å²) in [6, 6.07) is 0.430. The van der Waals surface area contributed by atoms with Crippen molar-refractivity contribution in [2.45, 2.75) is 19.9 Å². The van der Waals surface area contributed by atoms with Crippen LogP contribution in [0.1, 0.15) is 13.8 Å². The van der Waals surface area contributed by atoms with Crippen molar-refractivity contribution in [1.29, 1.82) is 0 Å². The molecule has 9 heavy (non-hydrogen) atoms. The predicted octanol–water partition coefficient (Wildman–Crippen LogP) is 0.831. The molecule has 0 saturated carbocycles. The monoisotopic (exact) mass is 146 g/mol.